The van der Waals surface area contributed by atoms with Crippen molar-refractivity contribution in [2.24, 2.45) is 11.8 Å². The number of rotatable bonds is 13. The smallest absolute Gasteiger partial charge is 0.305 e. The van der Waals surface area contributed by atoms with Crippen molar-refractivity contribution in [3.63, 3.8) is 0 Å². The predicted molar refractivity (Wildman–Crippen MR) is 236 cm³/mol. The molecule has 0 aromatic heterocycles. The number of esters is 1. The van der Waals surface area contributed by atoms with Gasteiger partial charge in [0.05, 0.1) is 13.2 Å². The van der Waals surface area contributed by atoms with Gasteiger partial charge in [0.25, 0.3) is 0 Å². The van der Waals surface area contributed by atoms with Crippen molar-refractivity contribution >= 4 is 5.97 Å². The number of carbonyl (C=O) groups is 1. The minimum atomic E-state index is -1.09. The molecule has 2 rings (SSSR count). The van der Waals surface area contributed by atoms with Gasteiger partial charge in [0.1, 0.15) is 0 Å². The lowest BCUT2D eigenvalue weighted by Crippen LogP contribution is -2.44. The molecule has 56 heavy (non-hydrogen) atoms. The Morgan fingerprint density at radius 3 is 1.57 bits per heavy atom. The van der Waals surface area contributed by atoms with Crippen LogP contribution in [0.3, 0.4) is 0 Å². The molecule has 0 radical (unpaired) electrons. The maximum Gasteiger partial charge on any atom is 0.305 e. The van der Waals surface area contributed by atoms with E-state index in [0.29, 0.717) is 38.4 Å². The third kappa shape index (κ3) is 27.8. The van der Waals surface area contributed by atoms with E-state index in [1.165, 1.54) is 128 Å². The van der Waals surface area contributed by atoms with Crippen LogP contribution in [0.4, 0.5) is 4.53 Å². The number of hydrogen-bond acceptors (Lipinski definition) is 6. The van der Waals surface area contributed by atoms with Gasteiger partial charge in [-0.15, -0.1) is 0 Å². The van der Waals surface area contributed by atoms with Crippen LogP contribution in [0, 0.1) is 11.8 Å². The van der Waals surface area contributed by atoms with Crippen molar-refractivity contribution in [1.82, 2.24) is 9.80 Å². The average molecular weight is 795 g/mol. The number of halogens is 1. The van der Waals surface area contributed by atoms with Crippen LogP contribution in [0.2, 0.25) is 0 Å². The van der Waals surface area contributed by atoms with Crippen LogP contribution in [0.15, 0.2) is 0 Å². The summed E-state index contributed by atoms with van der Waals surface area (Å²) in [6, 6.07) is 0. The van der Waals surface area contributed by atoms with Crippen LogP contribution in [-0.2, 0) is 19.2 Å². The first kappa shape index (κ1) is 51.4. The molecule has 2 fully saturated rings. The molecule has 7 heteroatoms. The number of piperazine rings is 1. The molecule has 6 nitrogen and oxygen atoms in total. The molecule has 2 saturated heterocycles. The van der Waals surface area contributed by atoms with Crippen LogP contribution < -0.4 is 0 Å². The summed E-state index contributed by atoms with van der Waals surface area (Å²) in [7, 11) is 2.20. The van der Waals surface area contributed by atoms with Gasteiger partial charge < -0.3 is 19.3 Å². The molecule has 0 N–H and O–H groups in total. The second-order valence-electron chi connectivity index (χ2n) is 18.4. The van der Waals surface area contributed by atoms with E-state index in [0.717, 1.165) is 116 Å². The third-order valence-electron chi connectivity index (χ3n) is 13.3. The van der Waals surface area contributed by atoms with Gasteiger partial charge in [-0.3, -0.25) is 4.79 Å². The Morgan fingerprint density at radius 1 is 0.607 bits per heavy atom. The van der Waals surface area contributed by atoms with Crippen LogP contribution in [-0.4, -0.2) is 74.5 Å². The molecule has 0 amide bonds. The van der Waals surface area contributed by atoms with Crippen molar-refractivity contribution in [2.45, 2.75) is 244 Å². The van der Waals surface area contributed by atoms with Crippen LogP contribution >= 0.6 is 0 Å². The Balaban J connectivity index is 1.83. The molecule has 0 bridgehead atoms. The minimum absolute atomic E-state index is 0.0135. The van der Waals surface area contributed by atoms with Crippen molar-refractivity contribution < 1.29 is 23.7 Å². The van der Waals surface area contributed by atoms with E-state index in [1.807, 2.05) is 0 Å². The Hall–Kier alpha value is -0.760. The SMILES string of the molecule is CCCCC1CCCCCCCCCCCC(OF)(OCCCCN2CCN(C)CC2)CCCCCCCCCC(=O)OCCC(CCCC)CCCCCC1. The lowest BCUT2D eigenvalue weighted by atomic mass is 9.89. The molecule has 2 heterocycles. The number of cyclic esters (lactones) is 1. The third-order valence-corrected chi connectivity index (χ3v) is 13.3. The fourth-order valence-electron chi connectivity index (χ4n) is 9.23. The maximum absolute atomic E-state index is 14.4. The van der Waals surface area contributed by atoms with Gasteiger partial charge in [0.2, 0.25) is 5.79 Å². The van der Waals surface area contributed by atoms with Crippen molar-refractivity contribution in [2.75, 3.05) is 53.0 Å². The first-order chi connectivity index (χ1) is 27.5. The lowest BCUT2D eigenvalue weighted by Gasteiger charge is -2.32. The quantitative estimate of drug-likeness (QED) is 0.105. The molecule has 3 unspecified atom stereocenters. The summed E-state index contributed by atoms with van der Waals surface area (Å²) in [5, 5.41) is 0. The molecular formula is C49H95FN2O4. The Bertz CT molecular complexity index is 871. The maximum atomic E-state index is 14.4. The minimum Gasteiger partial charge on any atom is -0.466 e. The van der Waals surface area contributed by atoms with Gasteiger partial charge in [-0.25, -0.2) is 0 Å². The van der Waals surface area contributed by atoms with Gasteiger partial charge >= 0.3 is 5.97 Å². The summed E-state index contributed by atoms with van der Waals surface area (Å²) in [5.74, 6) is 0.521. The molecule has 332 valence electrons. The van der Waals surface area contributed by atoms with Crippen molar-refractivity contribution in [3.8, 4) is 0 Å². The van der Waals surface area contributed by atoms with E-state index in [4.69, 9.17) is 14.4 Å². The highest BCUT2D eigenvalue weighted by Gasteiger charge is 2.33. The Kier molecular flexibility index (Phi) is 33.1. The molecule has 0 aliphatic carbocycles. The summed E-state index contributed by atoms with van der Waals surface area (Å²) in [5.41, 5.74) is 0. The van der Waals surface area contributed by atoms with Gasteiger partial charge in [0.15, 0.2) is 0 Å². The highest BCUT2D eigenvalue weighted by atomic mass is 19.3. The van der Waals surface area contributed by atoms with Gasteiger partial charge in [-0.2, -0.15) is 4.94 Å². The summed E-state index contributed by atoms with van der Waals surface area (Å²) >= 11 is 0. The molecular weight excluding hydrogens is 700 g/mol. The zero-order chi connectivity index (χ0) is 40.2. The van der Waals surface area contributed by atoms with E-state index in [2.05, 4.69) is 30.7 Å². The molecule has 3 atom stereocenters. The lowest BCUT2D eigenvalue weighted by molar-refractivity contribution is -0.351. The molecule has 0 saturated carbocycles. The van der Waals surface area contributed by atoms with Crippen molar-refractivity contribution in [3.05, 3.63) is 0 Å². The van der Waals surface area contributed by atoms with Crippen LogP contribution in [0.1, 0.15) is 239 Å². The summed E-state index contributed by atoms with van der Waals surface area (Å²) in [6.45, 7) is 11.4. The largest absolute Gasteiger partial charge is 0.466 e. The summed E-state index contributed by atoms with van der Waals surface area (Å²) in [4.78, 5) is 22.2. The number of likely N-dealkylation sites (N-methyl/N-ethyl adjacent to an activating group) is 1. The molecule has 2 aliphatic heterocycles. The number of carbonyl (C=O) groups excluding carboxylic acids is 1. The molecule has 0 aromatic rings. The Labute approximate surface area is 347 Å². The van der Waals surface area contributed by atoms with E-state index in [-0.39, 0.29) is 5.97 Å². The summed E-state index contributed by atoms with van der Waals surface area (Å²) in [6.07, 6.45) is 41.3. The first-order valence-corrected chi connectivity index (χ1v) is 25.0. The van der Waals surface area contributed by atoms with Gasteiger partial charge in [0, 0.05) is 45.4 Å². The highest BCUT2D eigenvalue weighted by molar-refractivity contribution is 5.69. The molecule has 2 aliphatic rings. The predicted octanol–water partition coefficient (Wildman–Crippen LogP) is 14.3. The second-order valence-corrected chi connectivity index (χ2v) is 18.4. The standard InChI is InChI=1S/C49H95FN2O4/c1-4-6-30-46-32-22-16-12-9-8-10-14-20-26-37-49(56-50,55-44-29-28-39-52-42-40-51(3)41-43-52)38-27-21-15-11-13-17-25-35-48(53)54-45-36-47(31-7-5-2)34-24-19-18-23-33-46/h46-47H,4-45H2,1-3H3. The zero-order valence-electron chi connectivity index (χ0n) is 37.8. The van der Waals surface area contributed by atoms with Gasteiger partial charge in [-0.1, -0.05) is 181 Å². The topological polar surface area (TPSA) is 51.2 Å². The van der Waals surface area contributed by atoms with Crippen LogP contribution in [0.25, 0.3) is 0 Å². The summed E-state index contributed by atoms with van der Waals surface area (Å²) < 4.78 is 26.4. The normalized spacial score (nSPS) is 26.7. The Morgan fingerprint density at radius 2 is 1.07 bits per heavy atom. The number of unbranched alkanes of at least 4 members (excludes halogenated alkanes) is 3. The van der Waals surface area contributed by atoms with E-state index >= 15 is 0 Å². The van der Waals surface area contributed by atoms with Crippen molar-refractivity contribution in [1.29, 1.82) is 0 Å². The zero-order valence-corrected chi connectivity index (χ0v) is 37.8. The number of hydrogen-bond donors (Lipinski definition) is 0. The molecule has 0 spiro atoms. The monoisotopic (exact) mass is 795 g/mol. The highest BCUT2D eigenvalue weighted by Crippen LogP contribution is 2.30. The van der Waals surface area contributed by atoms with E-state index in [9.17, 15) is 9.32 Å². The van der Waals surface area contributed by atoms with Gasteiger partial charge in [-0.05, 0) is 68.5 Å². The van der Waals surface area contributed by atoms with E-state index in [1.54, 1.807) is 0 Å². The van der Waals surface area contributed by atoms with E-state index < -0.39 is 5.79 Å². The average Bonchev–Trinajstić information content (AvgIpc) is 3.20. The molecule has 0 aromatic carbocycles. The fourth-order valence-corrected chi connectivity index (χ4v) is 9.23. The number of nitrogens with zero attached hydrogens (tertiary/aromatic N) is 2. The first-order valence-electron chi connectivity index (χ1n) is 25.0. The fraction of sp³-hybridized carbons (Fsp3) is 0.980. The second kappa shape index (κ2) is 36.1. The number of ether oxygens (including phenoxy) is 2. The van der Waals surface area contributed by atoms with Crippen LogP contribution in [0.5, 0.6) is 0 Å².